The molecule has 1 aliphatic rings. The zero-order valence-corrected chi connectivity index (χ0v) is 12.5. The minimum atomic E-state index is -0.909. The SMILES string of the molecule is N#Cc1cc(Cl)ccc1N1CCc2sccc2C1C(=O)O. The van der Waals surface area contributed by atoms with Gasteiger partial charge in [0.15, 0.2) is 6.04 Å². The van der Waals surface area contributed by atoms with Crippen LogP contribution >= 0.6 is 22.9 Å². The highest BCUT2D eigenvalue weighted by Gasteiger charge is 2.34. The van der Waals surface area contributed by atoms with Crippen LogP contribution in [0.3, 0.4) is 0 Å². The summed E-state index contributed by atoms with van der Waals surface area (Å²) < 4.78 is 0. The van der Waals surface area contributed by atoms with Gasteiger partial charge in [-0.1, -0.05) is 11.6 Å². The van der Waals surface area contributed by atoms with Crippen molar-refractivity contribution in [2.75, 3.05) is 11.4 Å². The molecule has 2 heterocycles. The lowest BCUT2D eigenvalue weighted by Crippen LogP contribution is -2.39. The van der Waals surface area contributed by atoms with Crippen molar-refractivity contribution >= 4 is 34.6 Å². The van der Waals surface area contributed by atoms with Crippen LogP contribution in [0.15, 0.2) is 29.6 Å². The molecule has 1 unspecified atom stereocenters. The van der Waals surface area contributed by atoms with Gasteiger partial charge in [0.2, 0.25) is 0 Å². The quantitative estimate of drug-likeness (QED) is 0.921. The zero-order chi connectivity index (χ0) is 15.0. The number of fused-ring (bicyclic) bond motifs is 1. The highest BCUT2D eigenvalue weighted by Crippen LogP contribution is 2.38. The van der Waals surface area contributed by atoms with Crippen molar-refractivity contribution in [3.05, 3.63) is 50.7 Å². The van der Waals surface area contributed by atoms with Crippen molar-refractivity contribution in [2.24, 2.45) is 0 Å². The molecule has 0 saturated carbocycles. The Kier molecular flexibility index (Phi) is 3.58. The van der Waals surface area contributed by atoms with Crippen LogP contribution in [0.4, 0.5) is 5.69 Å². The van der Waals surface area contributed by atoms with Crippen LogP contribution in [0.1, 0.15) is 22.0 Å². The first-order chi connectivity index (χ1) is 10.1. The number of carboxylic acid groups (broad SMARTS) is 1. The summed E-state index contributed by atoms with van der Waals surface area (Å²) in [5.41, 5.74) is 1.83. The van der Waals surface area contributed by atoms with Crippen LogP contribution in [0.25, 0.3) is 0 Å². The highest BCUT2D eigenvalue weighted by atomic mass is 35.5. The molecule has 106 valence electrons. The largest absolute Gasteiger partial charge is 0.479 e. The first kappa shape index (κ1) is 13.9. The highest BCUT2D eigenvalue weighted by molar-refractivity contribution is 7.10. The predicted molar refractivity (Wildman–Crippen MR) is 81.9 cm³/mol. The second-order valence-electron chi connectivity index (χ2n) is 4.76. The minimum absolute atomic E-state index is 0.396. The monoisotopic (exact) mass is 318 g/mol. The normalized spacial score (nSPS) is 17.1. The van der Waals surface area contributed by atoms with E-state index in [1.54, 1.807) is 34.4 Å². The maximum Gasteiger partial charge on any atom is 0.331 e. The number of anilines is 1. The van der Waals surface area contributed by atoms with Crippen molar-refractivity contribution in [3.8, 4) is 6.07 Å². The lowest BCUT2D eigenvalue weighted by atomic mass is 9.98. The number of rotatable bonds is 2. The predicted octanol–water partition coefficient (Wildman–Crippen LogP) is 3.46. The Morgan fingerprint density at radius 2 is 2.29 bits per heavy atom. The summed E-state index contributed by atoms with van der Waals surface area (Å²) in [5, 5.41) is 21.3. The number of thiophene rings is 1. The number of halogens is 1. The maximum atomic E-state index is 11.7. The molecule has 1 aliphatic heterocycles. The van der Waals surface area contributed by atoms with E-state index in [4.69, 9.17) is 11.6 Å². The molecular weight excluding hydrogens is 308 g/mol. The number of benzene rings is 1. The van der Waals surface area contributed by atoms with Crippen LogP contribution in [0, 0.1) is 11.3 Å². The molecule has 3 rings (SSSR count). The Labute approximate surface area is 130 Å². The van der Waals surface area contributed by atoms with Gasteiger partial charge in [0.1, 0.15) is 6.07 Å². The molecule has 1 N–H and O–H groups in total. The van der Waals surface area contributed by atoms with Gasteiger partial charge >= 0.3 is 5.97 Å². The molecule has 0 spiro atoms. The fraction of sp³-hybridized carbons (Fsp3) is 0.200. The third kappa shape index (κ3) is 2.37. The molecule has 0 bridgehead atoms. The second kappa shape index (κ2) is 5.40. The Balaban J connectivity index is 2.11. The molecule has 0 aliphatic carbocycles. The fourth-order valence-corrected chi connectivity index (χ4v) is 3.77. The molecule has 1 atom stereocenters. The zero-order valence-electron chi connectivity index (χ0n) is 10.9. The molecule has 21 heavy (non-hydrogen) atoms. The topological polar surface area (TPSA) is 64.3 Å². The summed E-state index contributed by atoms with van der Waals surface area (Å²) in [6, 6.07) is 8.16. The summed E-state index contributed by atoms with van der Waals surface area (Å²) in [6.45, 7) is 0.570. The maximum absolute atomic E-state index is 11.7. The van der Waals surface area contributed by atoms with Gasteiger partial charge < -0.3 is 10.0 Å². The van der Waals surface area contributed by atoms with Gasteiger partial charge in [0.25, 0.3) is 0 Å². The molecule has 1 aromatic carbocycles. The van der Waals surface area contributed by atoms with Crippen LogP contribution in [0.5, 0.6) is 0 Å². The van der Waals surface area contributed by atoms with Gasteiger partial charge in [-0.2, -0.15) is 5.26 Å². The Morgan fingerprint density at radius 1 is 1.48 bits per heavy atom. The number of nitrogens with zero attached hydrogens (tertiary/aromatic N) is 2. The van der Waals surface area contributed by atoms with E-state index >= 15 is 0 Å². The van der Waals surface area contributed by atoms with Crippen molar-refractivity contribution in [3.63, 3.8) is 0 Å². The van der Waals surface area contributed by atoms with E-state index in [1.807, 2.05) is 11.4 Å². The number of hydrogen-bond acceptors (Lipinski definition) is 4. The average molecular weight is 319 g/mol. The molecule has 0 radical (unpaired) electrons. The number of carbonyl (C=O) groups is 1. The van der Waals surface area contributed by atoms with E-state index < -0.39 is 12.0 Å². The first-order valence-electron chi connectivity index (χ1n) is 6.37. The lowest BCUT2D eigenvalue weighted by Gasteiger charge is -2.35. The van der Waals surface area contributed by atoms with E-state index in [1.165, 1.54) is 0 Å². The summed E-state index contributed by atoms with van der Waals surface area (Å²) in [6.07, 6.45) is 0.782. The van der Waals surface area contributed by atoms with Crippen molar-refractivity contribution in [2.45, 2.75) is 12.5 Å². The number of aliphatic carboxylic acids is 1. The van der Waals surface area contributed by atoms with Crippen LogP contribution in [0.2, 0.25) is 5.02 Å². The Morgan fingerprint density at radius 3 is 3.00 bits per heavy atom. The molecule has 0 saturated heterocycles. The van der Waals surface area contributed by atoms with E-state index in [0.717, 1.165) is 16.9 Å². The van der Waals surface area contributed by atoms with Crippen LogP contribution < -0.4 is 4.90 Å². The molecule has 2 aromatic rings. The van der Waals surface area contributed by atoms with Crippen LogP contribution in [-0.4, -0.2) is 17.6 Å². The van der Waals surface area contributed by atoms with Gasteiger partial charge in [-0.05, 0) is 41.6 Å². The summed E-state index contributed by atoms with van der Waals surface area (Å²) >= 11 is 7.49. The van der Waals surface area contributed by atoms with E-state index in [9.17, 15) is 15.2 Å². The first-order valence-corrected chi connectivity index (χ1v) is 7.63. The Bertz CT molecular complexity index is 750. The number of nitriles is 1. The summed E-state index contributed by atoms with van der Waals surface area (Å²) in [7, 11) is 0. The third-order valence-electron chi connectivity index (χ3n) is 3.59. The van der Waals surface area contributed by atoms with E-state index in [2.05, 4.69) is 6.07 Å². The summed E-state index contributed by atoms with van der Waals surface area (Å²) in [4.78, 5) is 14.6. The molecular formula is C15H11ClN2O2S. The van der Waals surface area contributed by atoms with Gasteiger partial charge in [0, 0.05) is 16.4 Å². The molecule has 0 fully saturated rings. The van der Waals surface area contributed by atoms with Crippen LogP contribution in [-0.2, 0) is 11.2 Å². The van der Waals surface area contributed by atoms with E-state index in [-0.39, 0.29) is 0 Å². The third-order valence-corrected chi connectivity index (χ3v) is 4.82. The van der Waals surface area contributed by atoms with Crippen molar-refractivity contribution < 1.29 is 9.90 Å². The fourth-order valence-electron chi connectivity index (χ4n) is 2.69. The van der Waals surface area contributed by atoms with Gasteiger partial charge in [-0.3, -0.25) is 0 Å². The number of hydrogen-bond donors (Lipinski definition) is 1. The molecule has 6 heteroatoms. The van der Waals surface area contributed by atoms with Gasteiger partial charge in [0.05, 0.1) is 11.3 Å². The summed E-state index contributed by atoms with van der Waals surface area (Å²) in [5.74, 6) is -0.909. The molecule has 4 nitrogen and oxygen atoms in total. The van der Waals surface area contributed by atoms with Gasteiger partial charge in [-0.25, -0.2) is 4.79 Å². The van der Waals surface area contributed by atoms with E-state index in [0.29, 0.717) is 22.8 Å². The van der Waals surface area contributed by atoms with Gasteiger partial charge in [-0.15, -0.1) is 11.3 Å². The Hall–Kier alpha value is -2.03. The lowest BCUT2D eigenvalue weighted by molar-refractivity contribution is -0.138. The molecule has 0 amide bonds. The van der Waals surface area contributed by atoms with Crippen molar-refractivity contribution in [1.29, 1.82) is 5.26 Å². The molecule has 1 aromatic heterocycles. The number of carboxylic acids is 1. The average Bonchev–Trinajstić information content (AvgIpc) is 2.94. The van der Waals surface area contributed by atoms with Crippen molar-refractivity contribution in [1.82, 2.24) is 0 Å². The minimum Gasteiger partial charge on any atom is -0.479 e. The standard InChI is InChI=1S/C15H11ClN2O2S/c16-10-1-2-12(9(7-10)8-17)18-5-3-13-11(4-6-21-13)14(18)15(19)20/h1-2,4,6-7,14H,3,5H2,(H,19,20). The smallest absolute Gasteiger partial charge is 0.331 e. The second-order valence-corrected chi connectivity index (χ2v) is 6.19.